The Bertz CT molecular complexity index is 773. The van der Waals surface area contributed by atoms with Crippen molar-refractivity contribution >= 4 is 29.1 Å². The number of piperidine rings is 1. The molecule has 8 heteroatoms. The molecule has 146 valence electrons. The van der Waals surface area contributed by atoms with Crippen LogP contribution in [0.1, 0.15) is 38.5 Å². The van der Waals surface area contributed by atoms with E-state index in [0.29, 0.717) is 33.9 Å². The maximum Gasteiger partial charge on any atom is 0.241 e. The van der Waals surface area contributed by atoms with Crippen LogP contribution in [0.2, 0.25) is 10.0 Å². The van der Waals surface area contributed by atoms with Gasteiger partial charge in [-0.3, -0.25) is 9.69 Å². The van der Waals surface area contributed by atoms with Crippen LogP contribution in [0.25, 0.3) is 11.4 Å². The fourth-order valence-electron chi connectivity index (χ4n) is 3.18. The quantitative estimate of drug-likeness (QED) is 0.693. The van der Waals surface area contributed by atoms with Crippen molar-refractivity contribution in [3.63, 3.8) is 0 Å². The van der Waals surface area contributed by atoms with E-state index in [-0.39, 0.29) is 11.8 Å². The van der Waals surface area contributed by atoms with Crippen LogP contribution in [0.3, 0.4) is 0 Å². The summed E-state index contributed by atoms with van der Waals surface area (Å²) in [5, 5.41) is 8.11. The van der Waals surface area contributed by atoms with Crippen LogP contribution in [-0.2, 0) is 11.3 Å². The van der Waals surface area contributed by atoms with Crippen LogP contribution in [-0.4, -0.2) is 40.6 Å². The fraction of sp³-hybridized carbons (Fsp3) is 0.526. The van der Waals surface area contributed by atoms with Gasteiger partial charge in [-0.1, -0.05) is 41.7 Å². The van der Waals surface area contributed by atoms with E-state index < -0.39 is 0 Å². The van der Waals surface area contributed by atoms with E-state index in [1.165, 1.54) is 0 Å². The molecular weight excluding hydrogens is 387 g/mol. The molecule has 1 amide bonds. The molecule has 1 aliphatic heterocycles. The number of hydrogen-bond donors (Lipinski definition) is 1. The van der Waals surface area contributed by atoms with E-state index in [0.717, 1.165) is 45.3 Å². The Morgan fingerprint density at radius 1 is 1.33 bits per heavy atom. The summed E-state index contributed by atoms with van der Waals surface area (Å²) < 4.78 is 5.37. The normalized spacial score (nSPS) is 15.8. The maximum atomic E-state index is 12.2. The Hall–Kier alpha value is -1.63. The predicted octanol–water partition coefficient (Wildman–Crippen LogP) is 4.17. The molecule has 0 radical (unpaired) electrons. The van der Waals surface area contributed by atoms with Gasteiger partial charge in [-0.15, -0.1) is 0 Å². The van der Waals surface area contributed by atoms with Gasteiger partial charge in [0, 0.05) is 23.0 Å². The number of carbonyl (C=O) groups excluding carboxylic acids is 1. The molecule has 27 heavy (non-hydrogen) atoms. The van der Waals surface area contributed by atoms with Crippen molar-refractivity contribution in [2.45, 2.75) is 39.2 Å². The molecule has 0 spiro atoms. The van der Waals surface area contributed by atoms with Gasteiger partial charge in [0.1, 0.15) is 0 Å². The summed E-state index contributed by atoms with van der Waals surface area (Å²) in [7, 11) is 0. The average molecular weight is 411 g/mol. The van der Waals surface area contributed by atoms with Crippen LogP contribution >= 0.6 is 23.2 Å². The molecule has 2 heterocycles. The zero-order valence-corrected chi connectivity index (χ0v) is 16.9. The number of unbranched alkanes of at least 4 members (excludes halogenated alkanes) is 1. The summed E-state index contributed by atoms with van der Waals surface area (Å²) >= 11 is 12.1. The van der Waals surface area contributed by atoms with Gasteiger partial charge in [0.05, 0.1) is 11.6 Å². The molecule has 0 bridgehead atoms. The van der Waals surface area contributed by atoms with Crippen molar-refractivity contribution in [3.8, 4) is 11.4 Å². The third-order valence-electron chi connectivity index (χ3n) is 4.79. The predicted molar refractivity (Wildman–Crippen MR) is 106 cm³/mol. The zero-order valence-electron chi connectivity index (χ0n) is 15.4. The Morgan fingerprint density at radius 2 is 2.11 bits per heavy atom. The standard InChI is InChI=1S/C19H24Cl2N4O2/c1-2-3-8-22-19(26)13-6-9-25(10-7-13)12-17-23-18(24-27-17)15-5-4-14(20)11-16(15)21/h4-5,11,13H,2-3,6-10,12H2,1H3,(H,22,26). The van der Waals surface area contributed by atoms with Gasteiger partial charge in [-0.05, 0) is 50.6 Å². The number of halogens is 2. The van der Waals surface area contributed by atoms with E-state index >= 15 is 0 Å². The third kappa shape index (κ3) is 5.43. The number of aromatic nitrogens is 2. The van der Waals surface area contributed by atoms with E-state index in [9.17, 15) is 4.79 Å². The minimum Gasteiger partial charge on any atom is -0.356 e. The van der Waals surface area contributed by atoms with Crippen LogP contribution < -0.4 is 5.32 Å². The molecule has 0 unspecified atom stereocenters. The Labute approximate surface area is 169 Å². The molecule has 3 rings (SSSR count). The molecule has 1 aromatic heterocycles. The van der Waals surface area contributed by atoms with E-state index in [4.69, 9.17) is 27.7 Å². The highest BCUT2D eigenvalue weighted by Gasteiger charge is 2.25. The number of nitrogens with one attached hydrogen (secondary N) is 1. The maximum absolute atomic E-state index is 12.2. The van der Waals surface area contributed by atoms with Gasteiger partial charge >= 0.3 is 0 Å². The summed E-state index contributed by atoms with van der Waals surface area (Å²) in [5.74, 6) is 1.28. The first-order valence-corrected chi connectivity index (χ1v) is 10.1. The van der Waals surface area contributed by atoms with E-state index in [1.54, 1.807) is 18.2 Å². The molecule has 1 N–H and O–H groups in total. The summed E-state index contributed by atoms with van der Waals surface area (Å²) in [4.78, 5) is 18.8. The van der Waals surface area contributed by atoms with E-state index in [2.05, 4.69) is 27.3 Å². The second-order valence-corrected chi connectivity index (χ2v) is 7.67. The molecule has 6 nitrogen and oxygen atoms in total. The van der Waals surface area contributed by atoms with Crippen molar-refractivity contribution in [1.82, 2.24) is 20.4 Å². The summed E-state index contributed by atoms with van der Waals surface area (Å²) in [6.45, 7) is 5.14. The highest BCUT2D eigenvalue weighted by atomic mass is 35.5. The van der Waals surface area contributed by atoms with Crippen molar-refractivity contribution < 1.29 is 9.32 Å². The van der Waals surface area contributed by atoms with Crippen LogP contribution in [0, 0.1) is 5.92 Å². The van der Waals surface area contributed by atoms with Crippen molar-refractivity contribution in [1.29, 1.82) is 0 Å². The number of rotatable bonds is 7. The SMILES string of the molecule is CCCCNC(=O)C1CCN(Cc2nc(-c3ccc(Cl)cc3Cl)no2)CC1. The molecule has 1 aliphatic rings. The molecule has 0 saturated carbocycles. The molecule has 2 aromatic rings. The Kier molecular flexibility index (Phi) is 7.10. The van der Waals surface area contributed by atoms with Gasteiger partial charge < -0.3 is 9.84 Å². The first kappa shape index (κ1) is 20.1. The molecule has 1 saturated heterocycles. The second-order valence-electron chi connectivity index (χ2n) is 6.83. The van der Waals surface area contributed by atoms with Gasteiger partial charge in [0.25, 0.3) is 0 Å². The lowest BCUT2D eigenvalue weighted by atomic mass is 9.96. The minimum absolute atomic E-state index is 0.101. The van der Waals surface area contributed by atoms with Gasteiger partial charge in [-0.2, -0.15) is 4.98 Å². The first-order valence-electron chi connectivity index (χ1n) is 9.35. The Balaban J connectivity index is 1.51. The van der Waals surface area contributed by atoms with Crippen molar-refractivity contribution in [2.75, 3.05) is 19.6 Å². The lowest BCUT2D eigenvalue weighted by Gasteiger charge is -2.30. The molecule has 0 atom stereocenters. The lowest BCUT2D eigenvalue weighted by molar-refractivity contribution is -0.126. The number of likely N-dealkylation sites (tertiary alicyclic amines) is 1. The second kappa shape index (κ2) is 9.53. The smallest absolute Gasteiger partial charge is 0.241 e. The number of carbonyl (C=O) groups is 1. The van der Waals surface area contributed by atoms with Crippen LogP contribution in [0.15, 0.2) is 22.7 Å². The molecular formula is C19H24Cl2N4O2. The monoisotopic (exact) mass is 410 g/mol. The zero-order chi connectivity index (χ0) is 19.2. The summed E-state index contributed by atoms with van der Waals surface area (Å²) in [6, 6.07) is 5.18. The van der Waals surface area contributed by atoms with Crippen molar-refractivity contribution in [3.05, 3.63) is 34.1 Å². The van der Waals surface area contributed by atoms with Gasteiger partial charge in [-0.25, -0.2) is 0 Å². The van der Waals surface area contributed by atoms with Crippen LogP contribution in [0.4, 0.5) is 0 Å². The third-order valence-corrected chi connectivity index (χ3v) is 5.33. The number of hydrogen-bond acceptors (Lipinski definition) is 5. The summed E-state index contributed by atoms with van der Waals surface area (Å²) in [5.41, 5.74) is 0.693. The molecule has 1 fully saturated rings. The average Bonchev–Trinajstić information content (AvgIpc) is 3.10. The van der Waals surface area contributed by atoms with Gasteiger partial charge in [0.15, 0.2) is 0 Å². The Morgan fingerprint density at radius 3 is 2.81 bits per heavy atom. The number of benzene rings is 1. The minimum atomic E-state index is 0.101. The summed E-state index contributed by atoms with van der Waals surface area (Å²) in [6.07, 6.45) is 3.82. The highest BCUT2D eigenvalue weighted by Crippen LogP contribution is 2.28. The van der Waals surface area contributed by atoms with Gasteiger partial charge in [0.2, 0.25) is 17.6 Å². The fourth-order valence-corrected chi connectivity index (χ4v) is 3.67. The largest absolute Gasteiger partial charge is 0.356 e. The molecule has 1 aromatic carbocycles. The first-order chi connectivity index (χ1) is 13.1. The lowest BCUT2D eigenvalue weighted by Crippen LogP contribution is -2.40. The number of nitrogens with zero attached hydrogens (tertiary/aromatic N) is 3. The van der Waals surface area contributed by atoms with E-state index in [1.807, 2.05) is 0 Å². The van der Waals surface area contributed by atoms with Crippen molar-refractivity contribution in [2.24, 2.45) is 5.92 Å². The van der Waals surface area contributed by atoms with Crippen LogP contribution in [0.5, 0.6) is 0 Å². The topological polar surface area (TPSA) is 71.3 Å². The highest BCUT2D eigenvalue weighted by molar-refractivity contribution is 6.36. The number of amides is 1. The molecule has 0 aliphatic carbocycles.